The average molecular weight is 246 g/mol. The average Bonchev–Trinajstić information content (AvgIpc) is 2.23. The monoisotopic (exact) mass is 246 g/mol. The Balaban J connectivity index is 4.26. The van der Waals surface area contributed by atoms with Gasteiger partial charge in [-0.1, -0.05) is 19.8 Å². The molecule has 4 N–H and O–H groups in total. The van der Waals surface area contributed by atoms with Crippen LogP contribution in [0, 0.1) is 0 Å². The third-order valence-corrected chi connectivity index (χ3v) is 2.30. The Bertz CT molecular complexity index is 266. The van der Waals surface area contributed by atoms with Gasteiger partial charge in [-0.05, 0) is 20.3 Å². The minimum absolute atomic E-state index is 0.174. The van der Waals surface area contributed by atoms with Crippen LogP contribution in [-0.2, 0) is 9.53 Å². The summed E-state index contributed by atoms with van der Waals surface area (Å²) in [5.41, 5.74) is 4.61. The van der Waals surface area contributed by atoms with Gasteiger partial charge in [0.15, 0.2) is 0 Å². The van der Waals surface area contributed by atoms with Crippen molar-refractivity contribution in [1.82, 2.24) is 5.32 Å². The molecule has 0 rings (SSSR count). The highest BCUT2D eigenvalue weighted by Gasteiger charge is 2.25. The molecule has 100 valence electrons. The molecule has 0 aliphatic carbocycles. The Labute approximate surface area is 102 Å². The zero-order valence-electron chi connectivity index (χ0n) is 10.7. The zero-order valence-corrected chi connectivity index (χ0v) is 10.7. The van der Waals surface area contributed by atoms with Crippen LogP contribution in [0.5, 0.6) is 0 Å². The van der Waals surface area contributed by atoms with Gasteiger partial charge in [0.1, 0.15) is 11.6 Å². The molecule has 0 aliphatic heterocycles. The van der Waals surface area contributed by atoms with Crippen molar-refractivity contribution in [1.29, 1.82) is 0 Å². The smallest absolute Gasteiger partial charge is 0.408 e. The molecule has 6 nitrogen and oxygen atoms in total. The number of rotatable bonds is 7. The van der Waals surface area contributed by atoms with Crippen LogP contribution in [0.2, 0.25) is 0 Å². The Kier molecular flexibility index (Phi) is 6.57. The highest BCUT2D eigenvalue weighted by Crippen LogP contribution is 2.08. The van der Waals surface area contributed by atoms with Crippen molar-refractivity contribution < 1.29 is 19.4 Å². The van der Waals surface area contributed by atoms with Crippen LogP contribution in [0.4, 0.5) is 4.79 Å². The van der Waals surface area contributed by atoms with Crippen LogP contribution < -0.4 is 11.1 Å². The second-order valence-electron chi connectivity index (χ2n) is 4.53. The van der Waals surface area contributed by atoms with Crippen LogP contribution in [0.15, 0.2) is 0 Å². The first-order valence-corrected chi connectivity index (χ1v) is 5.74. The van der Waals surface area contributed by atoms with E-state index in [0.717, 1.165) is 12.8 Å². The molecule has 0 saturated heterocycles. The second-order valence-corrected chi connectivity index (χ2v) is 4.53. The minimum atomic E-state index is -1.05. The van der Waals surface area contributed by atoms with Crippen LogP contribution in [0.25, 0.3) is 0 Å². The van der Waals surface area contributed by atoms with Crippen molar-refractivity contribution in [2.45, 2.75) is 51.7 Å². The van der Waals surface area contributed by atoms with Crippen LogP contribution >= 0.6 is 0 Å². The van der Waals surface area contributed by atoms with Gasteiger partial charge in [0.05, 0.1) is 0 Å². The van der Waals surface area contributed by atoms with E-state index < -0.39 is 23.7 Å². The number of alkyl carbamates (subject to hydrolysis) is 1. The maximum atomic E-state index is 11.4. The third kappa shape index (κ3) is 6.78. The summed E-state index contributed by atoms with van der Waals surface area (Å²) in [5, 5.41) is 11.2. The molecule has 1 atom stereocenters. The van der Waals surface area contributed by atoms with Gasteiger partial charge < -0.3 is 20.9 Å². The summed E-state index contributed by atoms with van der Waals surface area (Å²) in [7, 11) is 0. The van der Waals surface area contributed by atoms with Crippen LogP contribution in [0.3, 0.4) is 0 Å². The largest absolute Gasteiger partial charge is 0.480 e. The van der Waals surface area contributed by atoms with Crippen LogP contribution in [0.1, 0.15) is 40.0 Å². The topological polar surface area (TPSA) is 102 Å². The molecule has 0 heterocycles. The molecule has 0 aromatic carbocycles. The first kappa shape index (κ1) is 15.7. The first-order valence-electron chi connectivity index (χ1n) is 5.74. The van der Waals surface area contributed by atoms with Crippen molar-refractivity contribution in [3.63, 3.8) is 0 Å². The number of nitrogens with one attached hydrogen (secondary N) is 1. The van der Waals surface area contributed by atoms with Gasteiger partial charge in [0, 0.05) is 6.54 Å². The van der Waals surface area contributed by atoms with E-state index in [9.17, 15) is 9.59 Å². The Morgan fingerprint density at radius 2 is 2.06 bits per heavy atom. The van der Waals surface area contributed by atoms with Gasteiger partial charge in [0.2, 0.25) is 0 Å². The lowest BCUT2D eigenvalue weighted by atomic mass is 10.1. The number of carbonyl (C=O) groups is 2. The first-order chi connectivity index (χ1) is 7.82. The van der Waals surface area contributed by atoms with Crippen molar-refractivity contribution in [2.75, 3.05) is 6.54 Å². The number of nitrogens with two attached hydrogens (primary N) is 1. The van der Waals surface area contributed by atoms with Gasteiger partial charge in [-0.2, -0.15) is 0 Å². The van der Waals surface area contributed by atoms with E-state index in [1.807, 2.05) is 6.92 Å². The van der Waals surface area contributed by atoms with E-state index in [1.165, 1.54) is 0 Å². The summed E-state index contributed by atoms with van der Waals surface area (Å²) in [6, 6.07) is -0.906. The second kappa shape index (κ2) is 7.11. The van der Waals surface area contributed by atoms with Gasteiger partial charge in [-0.3, -0.25) is 0 Å². The van der Waals surface area contributed by atoms with Crippen molar-refractivity contribution in [3.8, 4) is 0 Å². The molecular formula is C11H22N2O4. The molecule has 0 radical (unpaired) electrons. The standard InChI is InChI=1S/C11H22N2O4/c1-4-5-6-8(9(14)15)13-10(16)17-11(2,3)7-12/h8H,4-7,12H2,1-3H3,(H,13,16)(H,14,15). The predicted molar refractivity (Wildman–Crippen MR) is 63.7 cm³/mol. The van der Waals surface area contributed by atoms with Crippen molar-refractivity contribution in [2.24, 2.45) is 5.73 Å². The van der Waals surface area contributed by atoms with Gasteiger partial charge in [-0.15, -0.1) is 0 Å². The summed E-state index contributed by atoms with van der Waals surface area (Å²) in [6.07, 6.45) is 1.25. The molecule has 17 heavy (non-hydrogen) atoms. The lowest BCUT2D eigenvalue weighted by molar-refractivity contribution is -0.139. The molecule has 0 saturated carbocycles. The Morgan fingerprint density at radius 3 is 2.47 bits per heavy atom. The van der Waals surface area contributed by atoms with Crippen LogP contribution in [-0.4, -0.2) is 35.4 Å². The molecule has 0 fully saturated rings. The zero-order chi connectivity index (χ0) is 13.5. The number of carbonyl (C=O) groups excluding carboxylic acids is 1. The third-order valence-electron chi connectivity index (χ3n) is 2.30. The molecule has 0 aliphatic rings. The highest BCUT2D eigenvalue weighted by atomic mass is 16.6. The summed E-state index contributed by atoms with van der Waals surface area (Å²) in [5.74, 6) is -1.05. The molecular weight excluding hydrogens is 224 g/mol. The number of carboxylic acids is 1. The molecule has 6 heteroatoms. The number of aliphatic carboxylic acids is 1. The normalized spacial score (nSPS) is 12.9. The SMILES string of the molecule is CCCCC(NC(=O)OC(C)(C)CN)C(=O)O. The van der Waals surface area contributed by atoms with E-state index in [-0.39, 0.29) is 6.54 Å². The summed E-state index contributed by atoms with van der Waals surface area (Å²) >= 11 is 0. The number of carboxylic acid groups (broad SMARTS) is 1. The lowest BCUT2D eigenvalue weighted by Gasteiger charge is -2.24. The Morgan fingerprint density at radius 1 is 1.47 bits per heavy atom. The quantitative estimate of drug-likeness (QED) is 0.624. The van der Waals surface area contributed by atoms with Gasteiger partial charge in [0.25, 0.3) is 0 Å². The summed E-state index contributed by atoms with van der Waals surface area (Å²) in [6.45, 7) is 5.45. The van der Waals surface area contributed by atoms with E-state index in [4.69, 9.17) is 15.6 Å². The van der Waals surface area contributed by atoms with Gasteiger partial charge >= 0.3 is 12.1 Å². The maximum absolute atomic E-state index is 11.4. The molecule has 0 spiro atoms. The molecule has 0 aromatic rings. The molecule has 1 unspecified atom stereocenters. The fraction of sp³-hybridized carbons (Fsp3) is 0.818. The molecule has 0 bridgehead atoms. The lowest BCUT2D eigenvalue weighted by Crippen LogP contribution is -2.46. The van der Waals surface area contributed by atoms with Gasteiger partial charge in [-0.25, -0.2) is 9.59 Å². The summed E-state index contributed by atoms with van der Waals surface area (Å²) < 4.78 is 5.01. The molecule has 0 aromatic heterocycles. The number of hydrogen-bond acceptors (Lipinski definition) is 4. The molecule has 1 amide bonds. The Hall–Kier alpha value is -1.30. The van der Waals surface area contributed by atoms with Crippen molar-refractivity contribution >= 4 is 12.1 Å². The van der Waals surface area contributed by atoms with E-state index in [1.54, 1.807) is 13.8 Å². The van der Waals surface area contributed by atoms with E-state index in [0.29, 0.717) is 6.42 Å². The number of hydrogen-bond donors (Lipinski definition) is 3. The number of amides is 1. The highest BCUT2D eigenvalue weighted by molar-refractivity contribution is 5.79. The summed E-state index contributed by atoms with van der Waals surface area (Å²) in [4.78, 5) is 22.3. The van der Waals surface area contributed by atoms with Crippen molar-refractivity contribution in [3.05, 3.63) is 0 Å². The fourth-order valence-electron chi connectivity index (χ4n) is 1.13. The van der Waals surface area contributed by atoms with E-state index >= 15 is 0 Å². The number of ether oxygens (including phenoxy) is 1. The number of unbranched alkanes of at least 4 members (excludes halogenated alkanes) is 1. The predicted octanol–water partition coefficient (Wildman–Crippen LogP) is 1.09. The fourth-order valence-corrected chi connectivity index (χ4v) is 1.13. The minimum Gasteiger partial charge on any atom is -0.480 e. The maximum Gasteiger partial charge on any atom is 0.408 e. The van der Waals surface area contributed by atoms with E-state index in [2.05, 4.69) is 5.32 Å².